The number of nitrogens with one attached hydrogen (secondary N) is 1. The van der Waals surface area contributed by atoms with Crippen LogP contribution in [0.2, 0.25) is 5.02 Å². The van der Waals surface area contributed by atoms with Gasteiger partial charge in [0.05, 0.1) is 30.5 Å². The zero-order valence-electron chi connectivity index (χ0n) is 17.6. The van der Waals surface area contributed by atoms with Gasteiger partial charge in [0.1, 0.15) is 10.9 Å². The predicted octanol–water partition coefficient (Wildman–Crippen LogP) is 4.54. The summed E-state index contributed by atoms with van der Waals surface area (Å²) in [5.74, 6) is 0.675. The second-order valence-electron chi connectivity index (χ2n) is 7.56. The number of benzene rings is 2. The van der Waals surface area contributed by atoms with Gasteiger partial charge in [-0.15, -0.1) is 0 Å². The molecular formula is C23H25ClN4O2S. The largest absolute Gasteiger partial charge is 0.379 e. The number of carbonyl (C=O) groups excluding carboxylic acids is 1. The van der Waals surface area contributed by atoms with E-state index in [2.05, 4.69) is 10.2 Å². The van der Waals surface area contributed by atoms with Crippen molar-refractivity contribution < 1.29 is 9.53 Å². The van der Waals surface area contributed by atoms with Crippen molar-refractivity contribution in [1.29, 1.82) is 0 Å². The maximum absolute atomic E-state index is 12.9. The first-order valence-electron chi connectivity index (χ1n) is 10.3. The molecule has 1 atom stereocenters. The molecule has 8 heteroatoms. The van der Waals surface area contributed by atoms with Gasteiger partial charge in [-0.05, 0) is 37.6 Å². The molecule has 1 N–H and O–H groups in total. The number of thioether (sulfide) groups is 1. The van der Waals surface area contributed by atoms with Crippen molar-refractivity contribution in [1.82, 2.24) is 14.9 Å². The lowest BCUT2D eigenvalue weighted by molar-refractivity contribution is -0.115. The lowest BCUT2D eigenvalue weighted by Crippen LogP contribution is -2.36. The van der Waals surface area contributed by atoms with Crippen molar-refractivity contribution in [3.05, 3.63) is 58.9 Å². The first-order valence-corrected chi connectivity index (χ1v) is 11.5. The Morgan fingerprint density at radius 2 is 2.00 bits per heavy atom. The van der Waals surface area contributed by atoms with Crippen molar-refractivity contribution in [3.8, 4) is 0 Å². The number of morpholine rings is 1. The van der Waals surface area contributed by atoms with E-state index in [1.165, 1.54) is 11.8 Å². The maximum Gasteiger partial charge on any atom is 0.237 e. The van der Waals surface area contributed by atoms with Crippen LogP contribution in [0.4, 0.5) is 5.69 Å². The molecule has 1 fully saturated rings. The van der Waals surface area contributed by atoms with Crippen LogP contribution in [0.15, 0.2) is 47.5 Å². The number of aromatic nitrogens is 2. The Labute approximate surface area is 191 Å². The predicted molar refractivity (Wildman–Crippen MR) is 126 cm³/mol. The Bertz CT molecular complexity index is 1090. The third-order valence-electron chi connectivity index (χ3n) is 5.20. The molecule has 6 nitrogen and oxygen atoms in total. The van der Waals surface area contributed by atoms with Crippen molar-refractivity contribution in [3.63, 3.8) is 0 Å². The molecule has 1 saturated heterocycles. The fourth-order valence-electron chi connectivity index (χ4n) is 3.40. The zero-order valence-corrected chi connectivity index (χ0v) is 19.2. The van der Waals surface area contributed by atoms with Crippen LogP contribution < -0.4 is 5.32 Å². The summed E-state index contributed by atoms with van der Waals surface area (Å²) in [6.45, 7) is 7.71. The van der Waals surface area contributed by atoms with E-state index in [4.69, 9.17) is 26.3 Å². The fourth-order valence-corrected chi connectivity index (χ4v) is 4.53. The minimum atomic E-state index is -0.340. The van der Waals surface area contributed by atoms with Gasteiger partial charge in [0, 0.05) is 29.2 Å². The minimum Gasteiger partial charge on any atom is -0.379 e. The maximum atomic E-state index is 12.9. The first kappa shape index (κ1) is 22.0. The average molecular weight is 457 g/mol. The lowest BCUT2D eigenvalue weighted by Gasteiger charge is -2.26. The second-order valence-corrected chi connectivity index (χ2v) is 9.33. The first-order chi connectivity index (χ1) is 15.0. The molecule has 4 rings (SSSR count). The number of para-hydroxylation sites is 1. The molecule has 31 heavy (non-hydrogen) atoms. The minimum absolute atomic E-state index is 0.0900. The molecule has 0 radical (unpaired) electrons. The molecule has 1 aliphatic rings. The van der Waals surface area contributed by atoms with E-state index in [1.807, 2.05) is 50.2 Å². The lowest BCUT2D eigenvalue weighted by atomic mass is 10.2. The molecule has 0 unspecified atom stereocenters. The number of carbonyl (C=O) groups is 1. The van der Waals surface area contributed by atoms with Crippen LogP contribution in [0.25, 0.3) is 10.9 Å². The number of halogens is 1. The Balaban J connectivity index is 1.54. The third kappa shape index (κ3) is 5.54. The summed E-state index contributed by atoms with van der Waals surface area (Å²) in [5.41, 5.74) is 2.59. The highest BCUT2D eigenvalue weighted by atomic mass is 35.5. The number of fused-ring (bicyclic) bond motifs is 1. The molecule has 0 saturated carbocycles. The molecule has 1 amide bonds. The van der Waals surface area contributed by atoms with Gasteiger partial charge in [-0.3, -0.25) is 9.69 Å². The highest BCUT2D eigenvalue weighted by Gasteiger charge is 2.20. The van der Waals surface area contributed by atoms with E-state index in [-0.39, 0.29) is 11.2 Å². The molecule has 1 aliphatic heterocycles. The van der Waals surface area contributed by atoms with Gasteiger partial charge in [-0.2, -0.15) is 0 Å². The van der Waals surface area contributed by atoms with Gasteiger partial charge < -0.3 is 10.1 Å². The summed E-state index contributed by atoms with van der Waals surface area (Å²) in [5, 5.41) is 5.02. The molecule has 0 aliphatic carbocycles. The van der Waals surface area contributed by atoms with Gasteiger partial charge in [0.2, 0.25) is 5.91 Å². The van der Waals surface area contributed by atoms with Gasteiger partial charge in [0.15, 0.2) is 0 Å². The van der Waals surface area contributed by atoms with Gasteiger partial charge in [-0.1, -0.05) is 47.6 Å². The quantitative estimate of drug-likeness (QED) is 0.433. The second kappa shape index (κ2) is 9.96. The number of amides is 1. The van der Waals surface area contributed by atoms with E-state index in [1.54, 1.807) is 6.07 Å². The van der Waals surface area contributed by atoms with Crippen molar-refractivity contribution in [2.75, 3.05) is 31.6 Å². The smallest absolute Gasteiger partial charge is 0.237 e. The number of ether oxygens (including phenoxy) is 1. The Morgan fingerprint density at radius 1 is 1.23 bits per heavy atom. The van der Waals surface area contributed by atoms with Crippen LogP contribution in [0.1, 0.15) is 18.3 Å². The summed E-state index contributed by atoms with van der Waals surface area (Å²) in [6, 6.07) is 13.4. The zero-order chi connectivity index (χ0) is 21.8. The van der Waals surface area contributed by atoms with Crippen molar-refractivity contribution in [2.45, 2.75) is 30.7 Å². The van der Waals surface area contributed by atoms with E-state index in [0.29, 0.717) is 11.6 Å². The van der Waals surface area contributed by atoms with Gasteiger partial charge in [0.25, 0.3) is 0 Å². The summed E-state index contributed by atoms with van der Waals surface area (Å²) >= 11 is 7.53. The average Bonchev–Trinajstić information content (AvgIpc) is 2.77. The molecule has 2 heterocycles. The summed E-state index contributed by atoms with van der Waals surface area (Å²) in [6.07, 6.45) is 0. The van der Waals surface area contributed by atoms with Crippen LogP contribution in [0.3, 0.4) is 0 Å². The standard InChI is InChI=1S/C23H25ClN4O2S/c1-15-7-8-17(24)13-20(15)26-22(29)16(2)31-23-18-5-3-4-6-19(18)25-21(27-23)14-28-9-11-30-12-10-28/h3-8,13,16H,9-12,14H2,1-2H3,(H,26,29)/t16-/m0/s1. The highest BCUT2D eigenvalue weighted by Crippen LogP contribution is 2.30. The van der Waals surface area contributed by atoms with E-state index >= 15 is 0 Å². The molecule has 0 bridgehead atoms. The Morgan fingerprint density at radius 3 is 2.81 bits per heavy atom. The SMILES string of the molecule is Cc1ccc(Cl)cc1NC(=O)[C@H](C)Sc1nc(CN2CCOCC2)nc2ccccc12. The number of hydrogen-bond donors (Lipinski definition) is 1. The molecule has 1 aromatic heterocycles. The van der Waals surface area contributed by atoms with Gasteiger partial charge in [-0.25, -0.2) is 9.97 Å². The van der Waals surface area contributed by atoms with Crippen LogP contribution in [0.5, 0.6) is 0 Å². The molecule has 0 spiro atoms. The molecule has 162 valence electrons. The third-order valence-corrected chi connectivity index (χ3v) is 6.54. The van der Waals surface area contributed by atoms with Crippen LogP contribution >= 0.6 is 23.4 Å². The van der Waals surface area contributed by atoms with E-state index in [0.717, 1.165) is 59.3 Å². The monoisotopic (exact) mass is 456 g/mol. The Kier molecular flexibility index (Phi) is 7.07. The summed E-state index contributed by atoms with van der Waals surface area (Å²) in [4.78, 5) is 24.7. The Hall–Kier alpha value is -2.19. The van der Waals surface area contributed by atoms with Crippen LogP contribution in [-0.2, 0) is 16.1 Å². The normalized spacial score (nSPS) is 15.7. The highest BCUT2D eigenvalue weighted by molar-refractivity contribution is 8.00. The van der Waals surface area contributed by atoms with E-state index < -0.39 is 0 Å². The van der Waals surface area contributed by atoms with Crippen molar-refractivity contribution >= 4 is 45.9 Å². The van der Waals surface area contributed by atoms with E-state index in [9.17, 15) is 4.79 Å². The number of hydrogen-bond acceptors (Lipinski definition) is 6. The number of aryl methyl sites for hydroxylation is 1. The molecular weight excluding hydrogens is 432 g/mol. The van der Waals surface area contributed by atoms with Gasteiger partial charge >= 0.3 is 0 Å². The summed E-state index contributed by atoms with van der Waals surface area (Å²) in [7, 11) is 0. The van der Waals surface area contributed by atoms with Crippen molar-refractivity contribution in [2.24, 2.45) is 0 Å². The molecule has 2 aromatic carbocycles. The fraction of sp³-hybridized carbons (Fsp3) is 0.348. The number of anilines is 1. The summed E-state index contributed by atoms with van der Waals surface area (Å²) < 4.78 is 5.44. The topological polar surface area (TPSA) is 67.4 Å². The van der Waals surface area contributed by atoms with Crippen LogP contribution in [0, 0.1) is 6.92 Å². The number of nitrogens with zero attached hydrogens (tertiary/aromatic N) is 3. The van der Waals surface area contributed by atoms with Crippen LogP contribution in [-0.4, -0.2) is 52.3 Å². The molecule has 3 aromatic rings. The number of rotatable bonds is 6.